The van der Waals surface area contributed by atoms with Gasteiger partial charge in [0.1, 0.15) is 0 Å². The first-order valence-corrected chi connectivity index (χ1v) is 7.31. The SMILES string of the molecule is C=C.CC1=[C-]C(C)C(C)=C1C.CC1=[C-]C(C)C(C)=C1C.[Cl-].[Cl-].[Zr+4]. The van der Waals surface area contributed by atoms with Crippen LogP contribution >= 0.6 is 0 Å². The maximum atomic E-state index is 3.36. The smallest absolute Gasteiger partial charge is 1.00 e. The number of halogens is 2. The molecule has 0 spiro atoms. The Morgan fingerprint density at radius 1 is 0.652 bits per heavy atom. The fourth-order valence-electron chi connectivity index (χ4n) is 2.32. The van der Waals surface area contributed by atoms with E-state index in [1.54, 1.807) is 0 Å². The predicted octanol–water partition coefficient (Wildman–Crippen LogP) is 0.252. The summed E-state index contributed by atoms with van der Waals surface area (Å²) in [7, 11) is 0. The normalized spacial score (nSPS) is 21.4. The Morgan fingerprint density at radius 2 is 0.870 bits per heavy atom. The Bertz CT molecular complexity index is 438. The molecule has 0 aliphatic heterocycles. The van der Waals surface area contributed by atoms with Crippen molar-refractivity contribution < 1.29 is 51.0 Å². The monoisotopic (exact) mass is 430 g/mol. The Hall–Kier alpha value is 0.163. The Morgan fingerprint density at radius 3 is 0.913 bits per heavy atom. The van der Waals surface area contributed by atoms with E-state index in [9.17, 15) is 0 Å². The van der Waals surface area contributed by atoms with E-state index in [2.05, 4.69) is 80.7 Å². The van der Waals surface area contributed by atoms with Crippen molar-refractivity contribution >= 4 is 0 Å². The van der Waals surface area contributed by atoms with Crippen LogP contribution in [0.4, 0.5) is 0 Å². The van der Waals surface area contributed by atoms with Crippen LogP contribution in [-0.2, 0) is 26.2 Å². The van der Waals surface area contributed by atoms with E-state index in [-0.39, 0.29) is 51.0 Å². The molecule has 0 saturated heterocycles. The number of hydrogen-bond donors (Lipinski definition) is 0. The molecule has 0 N–H and O–H groups in total. The second kappa shape index (κ2) is 14.5. The zero-order valence-corrected chi connectivity index (χ0v) is 19.8. The fourth-order valence-corrected chi connectivity index (χ4v) is 2.32. The molecule has 0 bridgehead atoms. The average Bonchev–Trinajstić information content (AvgIpc) is 2.78. The third kappa shape index (κ3) is 8.71. The van der Waals surface area contributed by atoms with Crippen LogP contribution in [0.5, 0.6) is 0 Å². The molecule has 0 amide bonds. The van der Waals surface area contributed by atoms with Gasteiger partial charge in [-0.15, -0.1) is 27.0 Å². The Labute approximate surface area is 176 Å². The van der Waals surface area contributed by atoms with Crippen molar-refractivity contribution in [2.45, 2.75) is 55.4 Å². The van der Waals surface area contributed by atoms with E-state index in [1.807, 2.05) is 0 Å². The van der Waals surface area contributed by atoms with Crippen molar-refractivity contribution in [3.05, 3.63) is 58.7 Å². The molecule has 0 radical (unpaired) electrons. The average molecular weight is 433 g/mol. The summed E-state index contributed by atoms with van der Waals surface area (Å²) in [6.07, 6.45) is 6.72. The molecule has 128 valence electrons. The maximum absolute atomic E-state index is 3.36. The quantitative estimate of drug-likeness (QED) is 0.380. The minimum Gasteiger partial charge on any atom is -1.00 e. The Balaban J connectivity index is -0.000000127. The summed E-state index contributed by atoms with van der Waals surface area (Å²) < 4.78 is 0. The summed E-state index contributed by atoms with van der Waals surface area (Å²) in [5.74, 6) is 1.12. The molecule has 0 aromatic rings. The number of rotatable bonds is 0. The van der Waals surface area contributed by atoms with Gasteiger partial charge in [-0.3, -0.25) is 12.2 Å². The second-order valence-electron chi connectivity index (χ2n) is 5.60. The van der Waals surface area contributed by atoms with E-state index in [4.69, 9.17) is 0 Å². The van der Waals surface area contributed by atoms with Gasteiger partial charge < -0.3 is 24.8 Å². The topological polar surface area (TPSA) is 0 Å². The van der Waals surface area contributed by atoms with Gasteiger partial charge in [0.2, 0.25) is 0 Å². The van der Waals surface area contributed by atoms with E-state index in [0.717, 1.165) is 0 Å². The molecule has 3 heteroatoms. The van der Waals surface area contributed by atoms with E-state index in [1.165, 1.54) is 33.4 Å². The van der Waals surface area contributed by atoms with Gasteiger partial charge in [-0.25, -0.2) is 11.1 Å². The van der Waals surface area contributed by atoms with Gasteiger partial charge >= 0.3 is 26.2 Å². The predicted molar refractivity (Wildman–Crippen MR) is 91.2 cm³/mol. The van der Waals surface area contributed by atoms with Crippen LogP contribution in [0.25, 0.3) is 0 Å². The first kappa shape index (κ1) is 31.0. The molecule has 0 aromatic carbocycles. The molecular formula is C20H30Cl2Zr. The first-order valence-electron chi connectivity index (χ1n) is 7.31. The summed E-state index contributed by atoms with van der Waals surface area (Å²) in [4.78, 5) is 0. The molecule has 2 unspecified atom stereocenters. The summed E-state index contributed by atoms with van der Waals surface area (Å²) in [6, 6.07) is 0. The summed E-state index contributed by atoms with van der Waals surface area (Å²) in [6.45, 7) is 23.3. The zero-order valence-electron chi connectivity index (χ0n) is 15.8. The fraction of sp³-hybridized carbons (Fsp3) is 0.500. The second-order valence-corrected chi connectivity index (χ2v) is 5.60. The van der Waals surface area contributed by atoms with Crippen LogP contribution < -0.4 is 24.8 Å². The zero-order chi connectivity index (χ0) is 16.0. The van der Waals surface area contributed by atoms with Crippen molar-refractivity contribution in [1.82, 2.24) is 0 Å². The third-order valence-corrected chi connectivity index (χ3v) is 4.47. The van der Waals surface area contributed by atoms with Crippen molar-refractivity contribution in [1.29, 1.82) is 0 Å². The molecule has 0 nitrogen and oxygen atoms in total. The molecule has 23 heavy (non-hydrogen) atoms. The van der Waals surface area contributed by atoms with Gasteiger partial charge in [-0.05, 0) is 0 Å². The number of allylic oxidation sites excluding steroid dienone is 8. The van der Waals surface area contributed by atoms with Crippen LogP contribution in [-0.4, -0.2) is 0 Å². The first-order chi connectivity index (χ1) is 9.25. The molecule has 2 rings (SSSR count). The molecule has 0 fully saturated rings. The molecule has 2 aliphatic carbocycles. The largest absolute Gasteiger partial charge is 4.00 e. The summed E-state index contributed by atoms with van der Waals surface area (Å²) in [5.41, 5.74) is 8.49. The molecule has 0 saturated carbocycles. The minimum atomic E-state index is 0. The van der Waals surface area contributed by atoms with Crippen LogP contribution in [0.2, 0.25) is 0 Å². The van der Waals surface area contributed by atoms with Crippen molar-refractivity contribution in [3.63, 3.8) is 0 Å². The molecule has 2 aliphatic rings. The summed E-state index contributed by atoms with van der Waals surface area (Å²) >= 11 is 0. The summed E-state index contributed by atoms with van der Waals surface area (Å²) in [5, 5.41) is 0. The van der Waals surface area contributed by atoms with Crippen LogP contribution in [0.1, 0.15) is 55.4 Å². The maximum Gasteiger partial charge on any atom is 4.00 e. The van der Waals surface area contributed by atoms with Crippen LogP contribution in [0.15, 0.2) is 46.6 Å². The van der Waals surface area contributed by atoms with Gasteiger partial charge in [0.05, 0.1) is 0 Å². The van der Waals surface area contributed by atoms with Gasteiger partial charge in [0.15, 0.2) is 0 Å². The van der Waals surface area contributed by atoms with E-state index in [0.29, 0.717) is 11.8 Å². The van der Waals surface area contributed by atoms with Crippen molar-refractivity contribution in [2.75, 3.05) is 0 Å². The number of hydrogen-bond acceptors (Lipinski definition) is 0. The third-order valence-electron chi connectivity index (χ3n) is 4.47. The molecular weight excluding hydrogens is 402 g/mol. The van der Waals surface area contributed by atoms with Crippen molar-refractivity contribution in [3.8, 4) is 0 Å². The standard InChI is InChI=1S/2C9H13.C2H4.2ClH.Zr/c2*1-6-5-7(2)9(4)8(6)3;1-2;;;/h2*6H,1-4H3;1-2H2;2*1H;/q2*-1;;;;+4/p-2. The minimum absolute atomic E-state index is 0. The molecule has 0 aromatic heterocycles. The molecule has 0 heterocycles. The van der Waals surface area contributed by atoms with E-state index < -0.39 is 0 Å². The van der Waals surface area contributed by atoms with Gasteiger partial charge in [-0.2, -0.15) is 22.3 Å². The van der Waals surface area contributed by atoms with Crippen molar-refractivity contribution in [2.24, 2.45) is 11.8 Å². The van der Waals surface area contributed by atoms with Gasteiger partial charge in [0, 0.05) is 0 Å². The Kier molecular flexibility index (Phi) is 19.5. The van der Waals surface area contributed by atoms with Gasteiger partial charge in [0.25, 0.3) is 0 Å². The van der Waals surface area contributed by atoms with Crippen LogP contribution in [0.3, 0.4) is 0 Å². The van der Waals surface area contributed by atoms with Crippen LogP contribution in [0, 0.1) is 24.0 Å². The molecule has 2 atom stereocenters. The van der Waals surface area contributed by atoms with E-state index >= 15 is 0 Å². The van der Waals surface area contributed by atoms with Gasteiger partial charge in [-0.1, -0.05) is 53.4 Å².